The first-order valence-corrected chi connectivity index (χ1v) is 9.01. The molecule has 2 N–H and O–H groups in total. The Labute approximate surface area is 172 Å². The van der Waals surface area contributed by atoms with E-state index in [9.17, 15) is 24.3 Å². The summed E-state index contributed by atoms with van der Waals surface area (Å²) in [6.07, 6.45) is 4.56. The third-order valence-corrected chi connectivity index (χ3v) is 4.49. The smallest absolute Gasteiger partial charge is 0.337 e. The maximum absolute atomic E-state index is 12.7. The van der Waals surface area contributed by atoms with Crippen LogP contribution < -0.4 is 10.2 Å². The Kier molecular flexibility index (Phi) is 5.73. The summed E-state index contributed by atoms with van der Waals surface area (Å²) in [5, 5.41) is 11.8. The number of para-hydroxylation sites is 1. The normalized spacial score (nSPS) is 13.8. The van der Waals surface area contributed by atoms with Crippen LogP contribution in [0.3, 0.4) is 0 Å². The van der Waals surface area contributed by atoms with Crippen molar-refractivity contribution >= 4 is 35.1 Å². The van der Waals surface area contributed by atoms with E-state index in [-0.39, 0.29) is 28.0 Å². The minimum Gasteiger partial charge on any atom is -0.478 e. The van der Waals surface area contributed by atoms with Crippen molar-refractivity contribution in [3.05, 3.63) is 95.6 Å². The number of carbonyl (C=O) groups is 4. The van der Waals surface area contributed by atoms with Crippen LogP contribution in [0.2, 0.25) is 0 Å². The molecule has 3 rings (SSSR count). The van der Waals surface area contributed by atoms with Crippen molar-refractivity contribution < 1.29 is 24.3 Å². The van der Waals surface area contributed by atoms with Crippen molar-refractivity contribution in [2.24, 2.45) is 0 Å². The van der Waals surface area contributed by atoms with E-state index in [1.165, 1.54) is 42.5 Å². The lowest BCUT2D eigenvalue weighted by Crippen LogP contribution is -2.31. The summed E-state index contributed by atoms with van der Waals surface area (Å²) in [4.78, 5) is 50.1. The Morgan fingerprint density at radius 2 is 1.63 bits per heavy atom. The number of nitrogens with zero attached hydrogens (tertiary/aromatic N) is 1. The van der Waals surface area contributed by atoms with Gasteiger partial charge in [-0.1, -0.05) is 36.9 Å². The molecule has 1 aliphatic rings. The van der Waals surface area contributed by atoms with Crippen LogP contribution in [0.1, 0.15) is 27.6 Å². The van der Waals surface area contributed by atoms with Crippen LogP contribution in [0.25, 0.3) is 0 Å². The highest BCUT2D eigenvalue weighted by Gasteiger charge is 2.36. The number of hydrogen-bond acceptors (Lipinski definition) is 4. The van der Waals surface area contributed by atoms with Gasteiger partial charge in [0.15, 0.2) is 0 Å². The molecule has 0 fully saturated rings. The van der Waals surface area contributed by atoms with Crippen molar-refractivity contribution in [3.63, 3.8) is 0 Å². The quantitative estimate of drug-likeness (QED) is 0.719. The second kappa shape index (κ2) is 8.40. The predicted molar refractivity (Wildman–Crippen MR) is 112 cm³/mol. The largest absolute Gasteiger partial charge is 0.478 e. The zero-order valence-electron chi connectivity index (χ0n) is 16.1. The van der Waals surface area contributed by atoms with Gasteiger partial charge in [0.2, 0.25) is 0 Å². The summed E-state index contributed by atoms with van der Waals surface area (Å²) in [6, 6.07) is 11.9. The zero-order chi connectivity index (χ0) is 21.8. The second-order valence-electron chi connectivity index (χ2n) is 6.33. The van der Waals surface area contributed by atoms with E-state index in [1.807, 2.05) is 0 Å². The highest BCUT2D eigenvalue weighted by Crippen LogP contribution is 2.29. The van der Waals surface area contributed by atoms with Crippen LogP contribution in [0.15, 0.2) is 84.5 Å². The van der Waals surface area contributed by atoms with Crippen LogP contribution in [0.5, 0.6) is 0 Å². The molecule has 0 unspecified atom stereocenters. The van der Waals surface area contributed by atoms with E-state index in [2.05, 4.69) is 11.9 Å². The fraction of sp³-hybridized carbons (Fsp3) is 0.0435. The molecule has 0 spiro atoms. The molecule has 0 saturated carbocycles. The number of nitrogens with one attached hydrogen (secondary N) is 1. The summed E-state index contributed by atoms with van der Waals surface area (Å²) >= 11 is 0. The lowest BCUT2D eigenvalue weighted by Gasteiger charge is -2.15. The maximum atomic E-state index is 12.7. The molecule has 150 valence electrons. The topological polar surface area (TPSA) is 104 Å². The van der Waals surface area contributed by atoms with Crippen LogP contribution in [-0.4, -0.2) is 28.8 Å². The van der Waals surface area contributed by atoms with Gasteiger partial charge in [-0.3, -0.25) is 14.4 Å². The molecule has 0 saturated heterocycles. The molecule has 1 aliphatic heterocycles. The SMILES string of the molecule is C=CC1=C(/C=C\C)C(=O)N(c2ccc(C(=O)Nc3ccccc3C(=O)O)cc2)C1=O. The number of carboxylic acid groups (broad SMARTS) is 1. The predicted octanol–water partition coefficient (Wildman–Crippen LogP) is 3.57. The Balaban J connectivity index is 1.83. The van der Waals surface area contributed by atoms with Crippen LogP contribution in [0, 0.1) is 0 Å². The van der Waals surface area contributed by atoms with E-state index < -0.39 is 23.7 Å². The number of aromatic carboxylic acids is 1. The van der Waals surface area contributed by atoms with E-state index >= 15 is 0 Å². The van der Waals surface area contributed by atoms with Gasteiger partial charge in [0, 0.05) is 5.56 Å². The minimum atomic E-state index is -1.16. The molecule has 1 heterocycles. The molecule has 0 radical (unpaired) electrons. The van der Waals surface area contributed by atoms with Crippen molar-refractivity contribution in [1.82, 2.24) is 0 Å². The molecule has 3 amide bonds. The Bertz CT molecular complexity index is 1130. The Hall–Kier alpha value is -4.26. The number of hydrogen-bond donors (Lipinski definition) is 2. The summed E-state index contributed by atoms with van der Waals surface area (Å²) in [5.41, 5.74) is 1.15. The van der Waals surface area contributed by atoms with Crippen molar-refractivity contribution in [3.8, 4) is 0 Å². The van der Waals surface area contributed by atoms with E-state index in [0.717, 1.165) is 4.90 Å². The third kappa shape index (κ3) is 3.68. The van der Waals surface area contributed by atoms with E-state index in [4.69, 9.17) is 0 Å². The second-order valence-corrected chi connectivity index (χ2v) is 6.33. The molecular formula is C23H18N2O5. The highest BCUT2D eigenvalue weighted by molar-refractivity contribution is 6.34. The molecule has 0 aromatic heterocycles. The first-order chi connectivity index (χ1) is 14.4. The van der Waals surface area contributed by atoms with Gasteiger partial charge in [0.1, 0.15) is 0 Å². The number of carbonyl (C=O) groups excluding carboxylic acids is 3. The van der Waals surface area contributed by atoms with Gasteiger partial charge in [-0.2, -0.15) is 0 Å². The average molecular weight is 402 g/mol. The van der Waals surface area contributed by atoms with E-state index in [1.54, 1.807) is 31.2 Å². The van der Waals surface area contributed by atoms with Crippen molar-refractivity contribution in [2.75, 3.05) is 10.2 Å². The summed E-state index contributed by atoms with van der Waals surface area (Å²) in [5.74, 6) is -2.64. The Morgan fingerprint density at radius 1 is 1.00 bits per heavy atom. The molecule has 0 atom stereocenters. The zero-order valence-corrected chi connectivity index (χ0v) is 16.1. The lowest BCUT2D eigenvalue weighted by atomic mass is 10.1. The standard InChI is InChI=1S/C23H18N2O5/c1-3-7-17-16(4-2)21(27)25(22(17)28)15-12-10-14(11-13-15)20(26)24-19-9-6-5-8-18(19)23(29)30/h3-13H,2H2,1H3,(H,24,26)(H,29,30)/b7-3-. The third-order valence-electron chi connectivity index (χ3n) is 4.49. The molecular weight excluding hydrogens is 384 g/mol. The van der Waals surface area contributed by atoms with Gasteiger partial charge in [-0.15, -0.1) is 0 Å². The maximum Gasteiger partial charge on any atom is 0.337 e. The van der Waals surface area contributed by atoms with Gasteiger partial charge in [-0.05, 0) is 43.3 Å². The molecule has 2 aromatic carbocycles. The molecule has 30 heavy (non-hydrogen) atoms. The van der Waals surface area contributed by atoms with Crippen molar-refractivity contribution in [2.45, 2.75) is 6.92 Å². The average Bonchev–Trinajstić information content (AvgIpc) is 2.97. The van der Waals surface area contributed by atoms with Gasteiger partial charge < -0.3 is 10.4 Å². The van der Waals surface area contributed by atoms with Gasteiger partial charge in [-0.25, -0.2) is 9.69 Å². The first kappa shape index (κ1) is 20.5. The lowest BCUT2D eigenvalue weighted by molar-refractivity contribution is -0.120. The fourth-order valence-corrected chi connectivity index (χ4v) is 3.06. The molecule has 0 bridgehead atoms. The number of rotatable bonds is 6. The molecule has 0 aliphatic carbocycles. The van der Waals surface area contributed by atoms with Crippen LogP contribution >= 0.6 is 0 Å². The molecule has 7 nitrogen and oxygen atoms in total. The van der Waals surface area contributed by atoms with Crippen molar-refractivity contribution in [1.29, 1.82) is 0 Å². The van der Waals surface area contributed by atoms with E-state index in [0.29, 0.717) is 5.69 Å². The number of allylic oxidation sites excluding steroid dienone is 1. The van der Waals surface area contributed by atoms with Gasteiger partial charge in [0.25, 0.3) is 17.7 Å². The highest BCUT2D eigenvalue weighted by atomic mass is 16.4. The van der Waals surface area contributed by atoms with Gasteiger partial charge >= 0.3 is 5.97 Å². The summed E-state index contributed by atoms with van der Waals surface area (Å²) in [6.45, 7) is 5.34. The minimum absolute atomic E-state index is 0.0322. The monoisotopic (exact) mass is 402 g/mol. The molecule has 7 heteroatoms. The Morgan fingerprint density at radius 3 is 2.23 bits per heavy atom. The van der Waals surface area contributed by atoms with Crippen LogP contribution in [0.4, 0.5) is 11.4 Å². The molecule has 2 aromatic rings. The number of anilines is 2. The first-order valence-electron chi connectivity index (χ1n) is 9.01. The summed E-state index contributed by atoms with van der Waals surface area (Å²) in [7, 11) is 0. The van der Waals surface area contributed by atoms with Crippen LogP contribution in [-0.2, 0) is 9.59 Å². The number of imide groups is 1. The van der Waals surface area contributed by atoms with Gasteiger partial charge in [0.05, 0.1) is 28.1 Å². The number of benzene rings is 2. The summed E-state index contributed by atoms with van der Waals surface area (Å²) < 4.78 is 0. The fourth-order valence-electron chi connectivity index (χ4n) is 3.06. The number of amides is 3. The number of carboxylic acids is 1.